The number of nitrogens with one attached hydrogen (secondary N) is 5. The molecule has 1 aliphatic carbocycles. The molecule has 4 aromatic rings. The Kier molecular flexibility index (Phi) is 20.7. The third kappa shape index (κ3) is 17.1. The van der Waals surface area contributed by atoms with E-state index in [1.54, 1.807) is 11.2 Å². The summed E-state index contributed by atoms with van der Waals surface area (Å²) in [4.78, 5) is 70.1. The Labute approximate surface area is 495 Å². The smallest absolute Gasteiger partial charge is 0.249 e. The lowest BCUT2D eigenvalue weighted by atomic mass is 9.82. The molecule has 3 aromatic carbocycles. The Morgan fingerprint density at radius 1 is 0.821 bits per heavy atom. The highest BCUT2D eigenvalue weighted by molar-refractivity contribution is 5.89. The van der Waals surface area contributed by atoms with Crippen LogP contribution in [0.3, 0.4) is 0 Å². The van der Waals surface area contributed by atoms with Crippen LogP contribution in [0.2, 0.25) is 0 Å². The van der Waals surface area contributed by atoms with Crippen LogP contribution in [-0.4, -0.2) is 156 Å². The molecule has 84 heavy (non-hydrogen) atoms. The summed E-state index contributed by atoms with van der Waals surface area (Å²) in [5.74, 6) is 1.00. The monoisotopic (exact) mass is 1160 g/mol. The first-order valence-corrected chi connectivity index (χ1v) is 30.7. The molecule has 5 fully saturated rings. The average molecular weight is 1160 g/mol. The van der Waals surface area contributed by atoms with Crippen molar-refractivity contribution in [1.29, 1.82) is 0 Å². The van der Waals surface area contributed by atoms with Gasteiger partial charge in [-0.05, 0) is 116 Å². The van der Waals surface area contributed by atoms with E-state index in [0.717, 1.165) is 87.3 Å². The third-order valence-electron chi connectivity index (χ3n) is 18.2. The number of benzene rings is 3. The zero-order valence-corrected chi connectivity index (χ0v) is 50.4. The van der Waals surface area contributed by atoms with Crippen LogP contribution in [0.4, 0.5) is 26.1 Å². The molecule has 5 aliphatic rings. The fourth-order valence-electron chi connectivity index (χ4n) is 13.3. The molecular weight excluding hydrogens is 1070 g/mol. The van der Waals surface area contributed by atoms with Crippen molar-refractivity contribution < 1.29 is 37.6 Å². The quantitative estimate of drug-likeness (QED) is 0.0253. The summed E-state index contributed by atoms with van der Waals surface area (Å²) in [5.41, 5.74) is 3.24. The minimum Gasteiger partial charge on any atom is -0.383 e. The molecule has 1 spiro atoms. The van der Waals surface area contributed by atoms with Crippen molar-refractivity contribution in [3.8, 4) is 0 Å². The van der Waals surface area contributed by atoms with Crippen LogP contribution < -0.4 is 36.4 Å². The van der Waals surface area contributed by atoms with Gasteiger partial charge in [-0.15, -0.1) is 0 Å². The summed E-state index contributed by atoms with van der Waals surface area (Å²) in [6, 6.07) is 21.7. The maximum absolute atomic E-state index is 15.8. The number of carbonyl (C=O) groups is 4. The Hall–Kier alpha value is -6.57. The highest BCUT2D eigenvalue weighted by Crippen LogP contribution is 2.41. The number of anilines is 3. The van der Waals surface area contributed by atoms with Crippen LogP contribution in [0, 0.1) is 46.6 Å². The molecule has 0 radical (unpaired) electrons. The molecule has 17 nitrogen and oxygen atoms in total. The number of halogens is 2. The normalized spacial score (nSPS) is 21.9. The molecule has 6 atom stereocenters. The van der Waals surface area contributed by atoms with Crippen molar-refractivity contribution in [3.63, 3.8) is 0 Å². The van der Waals surface area contributed by atoms with Crippen molar-refractivity contribution in [3.05, 3.63) is 113 Å². The number of hydrogen-bond acceptors (Lipinski definition) is 12. The topological polar surface area (TPSA) is 190 Å². The van der Waals surface area contributed by atoms with E-state index in [-0.39, 0.29) is 47.2 Å². The second-order valence-electron chi connectivity index (χ2n) is 26.2. The lowest BCUT2D eigenvalue weighted by Crippen LogP contribution is -2.66. The summed E-state index contributed by atoms with van der Waals surface area (Å²) < 4.78 is 33.6. The van der Waals surface area contributed by atoms with Crippen molar-refractivity contribution in [2.75, 3.05) is 94.2 Å². The third-order valence-corrected chi connectivity index (χ3v) is 18.2. The van der Waals surface area contributed by atoms with Crippen LogP contribution in [0.25, 0.3) is 0 Å². The first-order valence-electron chi connectivity index (χ1n) is 30.7. The Bertz CT molecular complexity index is 2910. The molecule has 1 unspecified atom stereocenters. The molecule has 5 heterocycles. The number of aromatic nitrogens is 2. The summed E-state index contributed by atoms with van der Waals surface area (Å²) in [5, 5.41) is 26.4. The minimum atomic E-state index is -1.22. The lowest BCUT2D eigenvalue weighted by Gasteiger charge is -2.48. The summed E-state index contributed by atoms with van der Waals surface area (Å²) in [6.07, 6.45) is 9.89. The first-order chi connectivity index (χ1) is 40.2. The van der Waals surface area contributed by atoms with Crippen LogP contribution in [0.15, 0.2) is 79.1 Å². The van der Waals surface area contributed by atoms with Gasteiger partial charge in [-0.1, -0.05) is 89.2 Å². The van der Waals surface area contributed by atoms with E-state index < -0.39 is 35.2 Å². The molecule has 0 bridgehead atoms. The van der Waals surface area contributed by atoms with E-state index in [2.05, 4.69) is 89.0 Å². The summed E-state index contributed by atoms with van der Waals surface area (Å²) >= 11 is 0. The van der Waals surface area contributed by atoms with Crippen molar-refractivity contribution >= 4 is 47.2 Å². The first kappa shape index (κ1) is 62.0. The summed E-state index contributed by atoms with van der Waals surface area (Å²) in [7, 11) is 2.09. The van der Waals surface area contributed by atoms with Gasteiger partial charge in [-0.25, -0.2) is 23.3 Å². The number of amides is 4. The number of carbonyl (C=O) groups excluding carboxylic acids is 4. The van der Waals surface area contributed by atoms with Crippen molar-refractivity contribution in [2.45, 2.75) is 130 Å². The van der Waals surface area contributed by atoms with Gasteiger partial charge in [0, 0.05) is 88.9 Å². The number of piperazine rings is 1. The van der Waals surface area contributed by atoms with Gasteiger partial charge in [0.25, 0.3) is 0 Å². The Morgan fingerprint density at radius 3 is 2.24 bits per heavy atom. The van der Waals surface area contributed by atoms with E-state index in [9.17, 15) is 24.3 Å². The number of likely N-dealkylation sites (tertiary alicyclic amines) is 2. The highest BCUT2D eigenvalue weighted by Gasteiger charge is 2.44. The number of hydrogen-bond donors (Lipinski definition) is 6. The van der Waals surface area contributed by atoms with Gasteiger partial charge in [0.2, 0.25) is 23.6 Å². The number of nitrogens with zero attached hydrogens (tertiary/aromatic N) is 7. The van der Waals surface area contributed by atoms with Crippen molar-refractivity contribution in [1.82, 2.24) is 41.0 Å². The molecule has 4 aliphatic heterocycles. The second-order valence-corrected chi connectivity index (χ2v) is 26.2. The fourth-order valence-corrected chi connectivity index (χ4v) is 13.3. The fraction of sp³-hybridized carbons (Fsp3) is 0.585. The number of aliphatic hydroxyl groups is 1. The number of piperidine rings is 2. The predicted molar refractivity (Wildman–Crippen MR) is 324 cm³/mol. The van der Waals surface area contributed by atoms with E-state index in [4.69, 9.17) is 0 Å². The molecule has 4 saturated heterocycles. The number of rotatable bonds is 24. The zero-order chi connectivity index (χ0) is 59.5. The molecule has 1 aromatic heterocycles. The Morgan fingerprint density at radius 2 is 1.52 bits per heavy atom. The molecule has 19 heteroatoms. The van der Waals surface area contributed by atoms with Gasteiger partial charge < -0.3 is 41.5 Å². The van der Waals surface area contributed by atoms with Gasteiger partial charge >= 0.3 is 0 Å². The Balaban J connectivity index is 0.658. The van der Waals surface area contributed by atoms with Gasteiger partial charge in [0.1, 0.15) is 61.6 Å². The van der Waals surface area contributed by atoms with Gasteiger partial charge in [-0.3, -0.25) is 29.0 Å². The minimum absolute atomic E-state index is 0.0135. The van der Waals surface area contributed by atoms with Crippen LogP contribution in [0.5, 0.6) is 0 Å². The number of aliphatic hydroxyl groups excluding tert-OH is 1. The number of fused-ring (bicyclic) bond motifs is 1. The van der Waals surface area contributed by atoms with Crippen LogP contribution in [0.1, 0.15) is 108 Å². The maximum atomic E-state index is 15.8. The molecule has 1 saturated carbocycles. The van der Waals surface area contributed by atoms with Crippen molar-refractivity contribution in [2.24, 2.45) is 35.0 Å². The average Bonchev–Trinajstić information content (AvgIpc) is 4.08. The van der Waals surface area contributed by atoms with E-state index in [1.807, 2.05) is 75.4 Å². The molecule has 9 rings (SSSR count). The van der Waals surface area contributed by atoms with Gasteiger partial charge in [-0.2, -0.15) is 0 Å². The largest absolute Gasteiger partial charge is 0.383 e. The molecule has 6 N–H and O–H groups in total. The maximum Gasteiger partial charge on any atom is 0.249 e. The van der Waals surface area contributed by atoms with Gasteiger partial charge in [0.15, 0.2) is 0 Å². The molecular formula is C65H91F2N12O5+. The highest BCUT2D eigenvalue weighted by atomic mass is 19.1. The van der Waals surface area contributed by atoms with E-state index in [1.165, 1.54) is 12.1 Å². The predicted octanol–water partition coefficient (Wildman–Crippen LogP) is 6.53. The zero-order valence-electron chi connectivity index (χ0n) is 50.4. The standard InChI is InChI=1S/C65H90F2N12O5/c1-44(2)26-55(73-63(84)61(82)45(3)27-46-12-8-7-9-13-46)62(83)68-20-11-21-75(6)36-49-29-50-37-77(38-51(50)30-49)40-59(80)70-35-48-15-10-14-47(28-48)34-69-57-33-58(72-43-71-57)78-24-18-65(19-25-78)42-79(41-60(81)74-65)56-32-53(66)52(31-54(56)67)39-76-22-16-64(4,5)17-23-76/h7-10,12-15,28,31-33,36,43-45,49-51,55,61,82H,11,16-27,29-30,34-35,37-42H2,1-6H3,(H4-,68,69,70,71,72,73,74,80,81,83,84)/p+1/b75-36+/t45-,49?,50-,51+,55+,61+/m1/s1. The van der Waals surface area contributed by atoms with Crippen LogP contribution >= 0.6 is 0 Å². The van der Waals surface area contributed by atoms with E-state index in [0.29, 0.717) is 107 Å². The second kappa shape index (κ2) is 28.1. The molecule has 4 amide bonds. The SMILES string of the molecule is CC(C)C[C@H](NC(=O)[C@@H](O)[C@H](C)Cc1ccccc1)C(=O)NCCC/[N+](C)=C/C1C[C@@H]2CN(CC(=O)NCc3cccc(CNc4cc(N5CCC6(CC5)CN(c5cc(F)c(CN7CCC(C)(C)CC7)cc5F)CC(=O)N6)ncn4)c3)C[C@@H]2C1. The van der Waals surface area contributed by atoms with E-state index >= 15 is 8.78 Å². The molecule has 454 valence electrons. The van der Waals surface area contributed by atoms with Crippen LogP contribution in [-0.2, 0) is 45.2 Å². The summed E-state index contributed by atoms with van der Waals surface area (Å²) in [6.45, 7) is 18.4. The van der Waals surface area contributed by atoms with Gasteiger partial charge in [0.05, 0.1) is 24.3 Å². The lowest BCUT2D eigenvalue weighted by molar-refractivity contribution is -0.495.